The minimum absolute atomic E-state index is 0.157. The minimum Gasteiger partial charge on any atom is -0.497 e. The van der Waals surface area contributed by atoms with Gasteiger partial charge in [0.2, 0.25) is 0 Å². The third-order valence-electron chi connectivity index (χ3n) is 3.63. The summed E-state index contributed by atoms with van der Waals surface area (Å²) >= 11 is 0. The molecule has 2 rings (SSSR count). The summed E-state index contributed by atoms with van der Waals surface area (Å²) in [5.41, 5.74) is 2.44. The summed E-state index contributed by atoms with van der Waals surface area (Å²) in [6, 6.07) is 6.00. The molecular formula is C14H18O3. The maximum Gasteiger partial charge on any atom is 0.303 e. The number of benzene rings is 1. The van der Waals surface area contributed by atoms with Crippen LogP contribution in [-0.4, -0.2) is 18.2 Å². The third-order valence-corrected chi connectivity index (χ3v) is 3.63. The molecule has 0 bridgehead atoms. The van der Waals surface area contributed by atoms with Gasteiger partial charge in [-0.2, -0.15) is 0 Å². The first kappa shape index (κ1) is 12.0. The third kappa shape index (κ3) is 2.43. The zero-order valence-corrected chi connectivity index (χ0v) is 10.3. The van der Waals surface area contributed by atoms with E-state index in [4.69, 9.17) is 9.84 Å². The number of methoxy groups -OCH3 is 1. The Morgan fingerprint density at radius 3 is 2.82 bits per heavy atom. The van der Waals surface area contributed by atoms with Crippen molar-refractivity contribution in [1.29, 1.82) is 0 Å². The Morgan fingerprint density at radius 2 is 2.18 bits per heavy atom. The Hall–Kier alpha value is -1.51. The van der Waals surface area contributed by atoms with Gasteiger partial charge in [0.15, 0.2) is 0 Å². The van der Waals surface area contributed by atoms with Crippen LogP contribution >= 0.6 is 0 Å². The summed E-state index contributed by atoms with van der Waals surface area (Å²) in [6.45, 7) is 2.19. The molecule has 92 valence electrons. The van der Waals surface area contributed by atoms with E-state index >= 15 is 0 Å². The van der Waals surface area contributed by atoms with Gasteiger partial charge < -0.3 is 9.84 Å². The SMILES string of the molecule is COc1ccc2c(c1)C(C)CCC2CC(=O)O. The van der Waals surface area contributed by atoms with E-state index in [2.05, 4.69) is 6.92 Å². The van der Waals surface area contributed by atoms with Crippen LogP contribution in [0.15, 0.2) is 18.2 Å². The Kier molecular flexibility index (Phi) is 3.36. The molecule has 3 heteroatoms. The molecule has 2 atom stereocenters. The summed E-state index contributed by atoms with van der Waals surface area (Å²) in [5.74, 6) is 0.785. The number of ether oxygens (including phenoxy) is 1. The smallest absolute Gasteiger partial charge is 0.303 e. The van der Waals surface area contributed by atoms with Crippen molar-refractivity contribution >= 4 is 5.97 Å². The summed E-state index contributed by atoms with van der Waals surface area (Å²) in [4.78, 5) is 10.9. The first-order valence-corrected chi connectivity index (χ1v) is 6.01. The molecule has 0 aromatic heterocycles. The monoisotopic (exact) mass is 234 g/mol. The second kappa shape index (κ2) is 4.78. The molecule has 0 saturated carbocycles. The summed E-state index contributed by atoms with van der Waals surface area (Å²) < 4.78 is 5.23. The highest BCUT2D eigenvalue weighted by atomic mass is 16.5. The Balaban J connectivity index is 2.35. The van der Waals surface area contributed by atoms with Crippen LogP contribution in [0.3, 0.4) is 0 Å². The average Bonchev–Trinajstić information content (AvgIpc) is 2.32. The molecule has 1 N–H and O–H groups in total. The molecule has 2 unspecified atom stereocenters. The second-order valence-corrected chi connectivity index (χ2v) is 4.77. The fourth-order valence-corrected chi connectivity index (χ4v) is 2.66. The lowest BCUT2D eigenvalue weighted by molar-refractivity contribution is -0.137. The molecule has 0 fully saturated rings. The fourth-order valence-electron chi connectivity index (χ4n) is 2.66. The molecule has 0 heterocycles. The Bertz CT molecular complexity index is 425. The summed E-state index contributed by atoms with van der Waals surface area (Å²) in [7, 11) is 1.66. The molecule has 1 aromatic carbocycles. The van der Waals surface area contributed by atoms with Gasteiger partial charge >= 0.3 is 5.97 Å². The predicted molar refractivity (Wildman–Crippen MR) is 65.6 cm³/mol. The number of rotatable bonds is 3. The lowest BCUT2D eigenvalue weighted by atomic mass is 9.76. The normalized spacial score (nSPS) is 22.9. The van der Waals surface area contributed by atoms with E-state index < -0.39 is 5.97 Å². The van der Waals surface area contributed by atoms with E-state index in [1.165, 1.54) is 11.1 Å². The minimum atomic E-state index is -0.716. The summed E-state index contributed by atoms with van der Waals surface area (Å²) in [5, 5.41) is 8.93. The van der Waals surface area contributed by atoms with Crippen molar-refractivity contribution in [2.24, 2.45) is 0 Å². The van der Waals surface area contributed by atoms with Crippen molar-refractivity contribution in [3.8, 4) is 5.75 Å². The highest BCUT2D eigenvalue weighted by Gasteiger charge is 2.26. The van der Waals surface area contributed by atoms with E-state index in [1.807, 2.05) is 18.2 Å². The molecular weight excluding hydrogens is 216 g/mol. The molecule has 0 saturated heterocycles. The first-order valence-electron chi connectivity index (χ1n) is 6.01. The standard InChI is InChI=1S/C14H18O3/c1-9-3-4-10(7-14(15)16)12-6-5-11(17-2)8-13(9)12/h5-6,8-10H,3-4,7H2,1-2H3,(H,15,16). The van der Waals surface area contributed by atoms with Crippen LogP contribution < -0.4 is 4.74 Å². The van der Waals surface area contributed by atoms with Crippen molar-refractivity contribution in [3.63, 3.8) is 0 Å². The van der Waals surface area contributed by atoms with Crippen LogP contribution in [0.25, 0.3) is 0 Å². The van der Waals surface area contributed by atoms with Gasteiger partial charge in [0.1, 0.15) is 5.75 Å². The van der Waals surface area contributed by atoms with Crippen LogP contribution in [0.1, 0.15) is 49.1 Å². The van der Waals surface area contributed by atoms with Crippen molar-refractivity contribution in [3.05, 3.63) is 29.3 Å². The van der Waals surface area contributed by atoms with Gasteiger partial charge in [-0.05, 0) is 47.9 Å². The summed E-state index contributed by atoms with van der Waals surface area (Å²) in [6.07, 6.45) is 2.25. The predicted octanol–water partition coefficient (Wildman–Crippen LogP) is 3.15. The second-order valence-electron chi connectivity index (χ2n) is 4.77. The highest BCUT2D eigenvalue weighted by Crippen LogP contribution is 2.41. The maximum atomic E-state index is 10.9. The molecule has 0 aliphatic heterocycles. The van der Waals surface area contributed by atoms with E-state index in [-0.39, 0.29) is 12.3 Å². The molecule has 17 heavy (non-hydrogen) atoms. The average molecular weight is 234 g/mol. The van der Waals surface area contributed by atoms with Gasteiger partial charge in [0, 0.05) is 0 Å². The largest absolute Gasteiger partial charge is 0.497 e. The van der Waals surface area contributed by atoms with Crippen LogP contribution in [0, 0.1) is 0 Å². The number of carboxylic acids is 1. The van der Waals surface area contributed by atoms with Gasteiger partial charge in [-0.3, -0.25) is 4.79 Å². The van der Waals surface area contributed by atoms with Crippen molar-refractivity contribution in [1.82, 2.24) is 0 Å². The Labute approximate surface area is 101 Å². The molecule has 0 radical (unpaired) electrons. The zero-order chi connectivity index (χ0) is 12.4. The molecule has 1 aliphatic rings. The van der Waals surface area contributed by atoms with Crippen molar-refractivity contribution in [2.75, 3.05) is 7.11 Å². The zero-order valence-electron chi connectivity index (χ0n) is 10.3. The number of aliphatic carboxylic acids is 1. The van der Waals surface area contributed by atoms with E-state index in [0.29, 0.717) is 5.92 Å². The van der Waals surface area contributed by atoms with Crippen LogP contribution in [0.5, 0.6) is 5.75 Å². The topological polar surface area (TPSA) is 46.5 Å². The number of carboxylic acid groups (broad SMARTS) is 1. The van der Waals surface area contributed by atoms with Gasteiger partial charge in [0.05, 0.1) is 13.5 Å². The lowest BCUT2D eigenvalue weighted by Gasteiger charge is -2.29. The lowest BCUT2D eigenvalue weighted by Crippen LogP contribution is -2.15. The van der Waals surface area contributed by atoms with Crippen molar-refractivity contribution < 1.29 is 14.6 Å². The van der Waals surface area contributed by atoms with Crippen LogP contribution in [0.4, 0.5) is 0 Å². The molecule has 0 spiro atoms. The highest BCUT2D eigenvalue weighted by molar-refractivity contribution is 5.68. The first-order chi connectivity index (χ1) is 8.11. The van der Waals surface area contributed by atoms with E-state index in [9.17, 15) is 4.79 Å². The molecule has 1 aromatic rings. The van der Waals surface area contributed by atoms with Crippen LogP contribution in [-0.2, 0) is 4.79 Å². The van der Waals surface area contributed by atoms with Gasteiger partial charge in [-0.15, -0.1) is 0 Å². The molecule has 1 aliphatic carbocycles. The van der Waals surface area contributed by atoms with Gasteiger partial charge in [0.25, 0.3) is 0 Å². The fraction of sp³-hybridized carbons (Fsp3) is 0.500. The van der Waals surface area contributed by atoms with Crippen LogP contribution in [0.2, 0.25) is 0 Å². The van der Waals surface area contributed by atoms with E-state index in [0.717, 1.165) is 18.6 Å². The van der Waals surface area contributed by atoms with Gasteiger partial charge in [-0.25, -0.2) is 0 Å². The molecule has 0 amide bonds. The number of hydrogen-bond donors (Lipinski definition) is 1. The number of carbonyl (C=O) groups is 1. The Morgan fingerprint density at radius 1 is 1.41 bits per heavy atom. The van der Waals surface area contributed by atoms with Crippen molar-refractivity contribution in [2.45, 2.75) is 38.0 Å². The number of hydrogen-bond acceptors (Lipinski definition) is 2. The molecule has 3 nitrogen and oxygen atoms in total. The maximum absolute atomic E-state index is 10.9. The van der Waals surface area contributed by atoms with Gasteiger partial charge in [-0.1, -0.05) is 13.0 Å². The quantitative estimate of drug-likeness (QED) is 0.873. The van der Waals surface area contributed by atoms with E-state index in [1.54, 1.807) is 7.11 Å². The number of fused-ring (bicyclic) bond motifs is 1.